The molecule has 0 spiro atoms. The van der Waals surface area contributed by atoms with E-state index in [1.54, 1.807) is 55.4 Å². The molecule has 0 saturated carbocycles. The maximum absolute atomic E-state index is 11.6. The van der Waals surface area contributed by atoms with Crippen molar-refractivity contribution < 1.29 is 18.0 Å². The van der Waals surface area contributed by atoms with Crippen molar-refractivity contribution in [3.63, 3.8) is 0 Å². The average Bonchev–Trinajstić information content (AvgIpc) is 2.37. The van der Waals surface area contributed by atoms with Gasteiger partial charge in [0.25, 0.3) is 5.91 Å². The lowest BCUT2D eigenvalue weighted by Gasteiger charge is -2.15. The molecule has 0 fully saturated rings. The van der Waals surface area contributed by atoms with E-state index in [2.05, 4.69) is 15.0 Å². The highest BCUT2D eigenvalue weighted by molar-refractivity contribution is 7.99. The Bertz CT molecular complexity index is 639. The molecule has 0 aromatic rings. The predicted octanol–water partition coefficient (Wildman–Crippen LogP) is 2.47. The first-order chi connectivity index (χ1) is 10.5. The number of carbonyl (C=O) groups excluding carboxylic acids is 2. The Morgan fingerprint density at radius 3 is 1.54 bits per heavy atom. The molecule has 8 heteroatoms. The van der Waals surface area contributed by atoms with E-state index in [4.69, 9.17) is 0 Å². The molecular formula is C16H34N2O4S2. The van der Waals surface area contributed by atoms with E-state index in [1.165, 1.54) is 6.26 Å². The Labute approximate surface area is 148 Å². The van der Waals surface area contributed by atoms with E-state index in [0.717, 1.165) is 0 Å². The van der Waals surface area contributed by atoms with Crippen molar-refractivity contribution in [2.45, 2.75) is 65.9 Å². The van der Waals surface area contributed by atoms with Crippen LogP contribution in [0, 0.1) is 11.8 Å². The minimum absolute atomic E-state index is 0.0693. The van der Waals surface area contributed by atoms with E-state index >= 15 is 0 Å². The molecule has 0 aromatic carbocycles. The SMILES string of the molecule is C=S(=O)(NC(=O)C(C)C)C(C)C.CC(C)C(=O)N=S(C)(=O)C(C)C. The molecule has 1 N–H and O–H groups in total. The summed E-state index contributed by atoms with van der Waals surface area (Å²) < 4.78 is 29.3. The average molecular weight is 383 g/mol. The molecule has 0 aliphatic heterocycles. The van der Waals surface area contributed by atoms with Crippen molar-refractivity contribution in [3.8, 4) is 0 Å². The second-order valence-electron chi connectivity index (χ2n) is 6.89. The number of rotatable bonds is 5. The smallest absolute Gasteiger partial charge is 0.256 e. The van der Waals surface area contributed by atoms with Gasteiger partial charge < -0.3 is 0 Å². The number of carbonyl (C=O) groups is 2. The van der Waals surface area contributed by atoms with Crippen LogP contribution >= 0.6 is 0 Å². The Morgan fingerprint density at radius 2 is 1.29 bits per heavy atom. The van der Waals surface area contributed by atoms with E-state index < -0.39 is 19.4 Å². The minimum atomic E-state index is -2.44. The molecule has 0 bridgehead atoms. The normalized spacial score (nSPS) is 16.2. The number of hydrogen-bond donors (Lipinski definition) is 1. The van der Waals surface area contributed by atoms with Crippen molar-refractivity contribution in [2.75, 3.05) is 6.26 Å². The van der Waals surface area contributed by atoms with Crippen LogP contribution in [0.15, 0.2) is 4.36 Å². The van der Waals surface area contributed by atoms with Crippen molar-refractivity contribution >= 4 is 37.1 Å². The van der Waals surface area contributed by atoms with Crippen LogP contribution in [-0.2, 0) is 29.0 Å². The van der Waals surface area contributed by atoms with Crippen molar-refractivity contribution in [2.24, 2.45) is 16.2 Å². The van der Waals surface area contributed by atoms with Gasteiger partial charge in [-0.25, -0.2) is 8.42 Å². The molecule has 0 aromatic heterocycles. The monoisotopic (exact) mass is 382 g/mol. The van der Waals surface area contributed by atoms with Crippen molar-refractivity contribution in [1.29, 1.82) is 0 Å². The Balaban J connectivity index is 0. The first-order valence-corrected chi connectivity index (χ1v) is 11.7. The van der Waals surface area contributed by atoms with Gasteiger partial charge in [-0.15, -0.1) is 0 Å². The van der Waals surface area contributed by atoms with Crippen LogP contribution in [0.25, 0.3) is 0 Å². The van der Waals surface area contributed by atoms with Crippen LogP contribution in [0.2, 0.25) is 0 Å². The third-order valence-corrected chi connectivity index (χ3v) is 7.56. The van der Waals surface area contributed by atoms with E-state index in [1.807, 2.05) is 0 Å². The Hall–Kier alpha value is -0.890. The Morgan fingerprint density at radius 1 is 0.875 bits per heavy atom. The number of amides is 2. The second-order valence-corrected chi connectivity index (χ2v) is 12.3. The van der Waals surface area contributed by atoms with Gasteiger partial charge in [-0.1, -0.05) is 41.5 Å². The molecular weight excluding hydrogens is 348 g/mol. The number of nitrogens with one attached hydrogen (secondary N) is 1. The van der Waals surface area contributed by atoms with E-state index in [9.17, 15) is 18.0 Å². The van der Waals surface area contributed by atoms with Crippen LogP contribution < -0.4 is 4.72 Å². The highest BCUT2D eigenvalue weighted by Crippen LogP contribution is 2.05. The van der Waals surface area contributed by atoms with Gasteiger partial charge in [0, 0.05) is 38.3 Å². The summed E-state index contributed by atoms with van der Waals surface area (Å²) in [5, 5.41) is -0.194. The van der Waals surface area contributed by atoms with E-state index in [-0.39, 0.29) is 34.2 Å². The molecule has 0 heterocycles. The van der Waals surface area contributed by atoms with Gasteiger partial charge in [-0.3, -0.25) is 14.3 Å². The molecule has 2 unspecified atom stereocenters. The van der Waals surface area contributed by atoms with Crippen LogP contribution in [-0.4, -0.2) is 42.9 Å². The second kappa shape index (κ2) is 10.2. The van der Waals surface area contributed by atoms with Gasteiger partial charge in [-0.2, -0.15) is 4.36 Å². The quantitative estimate of drug-likeness (QED) is 0.739. The fraction of sp³-hybridized carbons (Fsp3) is 0.812. The molecule has 24 heavy (non-hydrogen) atoms. The van der Waals surface area contributed by atoms with Gasteiger partial charge in [0.1, 0.15) is 0 Å². The minimum Gasteiger partial charge on any atom is -0.283 e. The van der Waals surface area contributed by atoms with Crippen LogP contribution in [0.5, 0.6) is 0 Å². The van der Waals surface area contributed by atoms with Crippen LogP contribution in [0.1, 0.15) is 55.4 Å². The lowest BCUT2D eigenvalue weighted by Crippen LogP contribution is -2.37. The molecule has 2 amide bonds. The molecule has 0 aliphatic carbocycles. The van der Waals surface area contributed by atoms with Gasteiger partial charge in [0.15, 0.2) is 0 Å². The third-order valence-electron chi connectivity index (χ3n) is 3.20. The van der Waals surface area contributed by atoms with Crippen molar-refractivity contribution in [1.82, 2.24) is 4.72 Å². The summed E-state index contributed by atoms with van der Waals surface area (Å²) in [7, 11) is -4.76. The topological polar surface area (TPSA) is 92.7 Å². The van der Waals surface area contributed by atoms with E-state index in [0.29, 0.717) is 0 Å². The van der Waals surface area contributed by atoms with Crippen molar-refractivity contribution in [3.05, 3.63) is 0 Å². The molecule has 0 aliphatic rings. The molecule has 6 nitrogen and oxygen atoms in total. The standard InChI is InChI=1S/2C8H17NO2S/c2*1-6(2)8(10)9-12(5,11)7(3)4/h6-7H,1-5H3;6-7H,5H2,1-4H3,(H,9,10,11). The number of nitrogens with zero attached hydrogens (tertiary/aromatic N) is 1. The molecule has 0 rings (SSSR count). The summed E-state index contributed by atoms with van der Waals surface area (Å²) in [6.07, 6.45) is 1.53. The summed E-state index contributed by atoms with van der Waals surface area (Å²) in [6, 6.07) is 0. The van der Waals surface area contributed by atoms with Gasteiger partial charge >= 0.3 is 0 Å². The number of hydrogen-bond acceptors (Lipinski definition) is 4. The molecule has 0 radical (unpaired) electrons. The zero-order valence-electron chi connectivity index (χ0n) is 16.4. The maximum atomic E-state index is 11.6. The third kappa shape index (κ3) is 10.1. The summed E-state index contributed by atoms with van der Waals surface area (Å²) in [4.78, 5) is 22.2. The van der Waals surface area contributed by atoms with Gasteiger partial charge in [0.2, 0.25) is 5.91 Å². The summed E-state index contributed by atoms with van der Waals surface area (Å²) in [5.41, 5.74) is 0. The lowest BCUT2D eigenvalue weighted by molar-refractivity contribution is -0.122. The fourth-order valence-corrected chi connectivity index (χ4v) is 2.39. The van der Waals surface area contributed by atoms with Crippen LogP contribution in [0.3, 0.4) is 0 Å². The lowest BCUT2D eigenvalue weighted by atomic mass is 10.2. The molecule has 2 atom stereocenters. The largest absolute Gasteiger partial charge is 0.283 e. The highest BCUT2D eigenvalue weighted by Gasteiger charge is 2.15. The first kappa shape index (κ1) is 25.4. The zero-order valence-corrected chi connectivity index (χ0v) is 18.0. The Kier molecular flexibility index (Phi) is 10.8. The van der Waals surface area contributed by atoms with Gasteiger partial charge in [0.05, 0.1) is 9.73 Å². The first-order valence-electron chi connectivity index (χ1n) is 7.97. The zero-order chi connectivity index (χ0) is 19.9. The predicted molar refractivity (Wildman–Crippen MR) is 105 cm³/mol. The summed E-state index contributed by atoms with van der Waals surface area (Å²) in [6.45, 7) is 14.2. The highest BCUT2D eigenvalue weighted by atomic mass is 32.2. The fourth-order valence-electron chi connectivity index (χ4n) is 0.795. The summed E-state index contributed by atoms with van der Waals surface area (Å²) in [5.74, 6) is 2.71. The maximum Gasteiger partial charge on any atom is 0.256 e. The van der Waals surface area contributed by atoms with Gasteiger partial charge in [-0.05, 0) is 19.7 Å². The van der Waals surface area contributed by atoms with Crippen LogP contribution in [0.4, 0.5) is 0 Å². The summed E-state index contributed by atoms with van der Waals surface area (Å²) >= 11 is 0. The molecule has 0 saturated heterocycles. The molecule has 144 valence electrons.